The van der Waals surface area contributed by atoms with Crippen molar-refractivity contribution in [2.45, 2.75) is 20.8 Å². The Morgan fingerprint density at radius 2 is 1.64 bits per heavy atom. The highest BCUT2D eigenvalue weighted by Gasteiger charge is 2.04. The van der Waals surface area contributed by atoms with Gasteiger partial charge in [0.1, 0.15) is 0 Å². The van der Waals surface area contributed by atoms with Crippen molar-refractivity contribution in [3.05, 3.63) is 83.2 Å². The topological polar surface area (TPSA) is 76.2 Å². The maximum Gasteiger partial charge on any atom is 0.336 e. The zero-order chi connectivity index (χ0) is 18.4. The highest BCUT2D eigenvalue weighted by Crippen LogP contribution is 2.25. The third-order valence-electron chi connectivity index (χ3n) is 3.87. The Labute approximate surface area is 148 Å². The molecular formula is C21H22N2O2. The molecule has 3 aromatic rings. The van der Waals surface area contributed by atoms with Gasteiger partial charge < -0.3 is 10.8 Å². The summed E-state index contributed by atoms with van der Waals surface area (Å²) >= 11 is 0. The SMILES string of the molecule is Cc1ccc(C)c(-c2ccc(N)cc2)c1.Cc1cnccc1C(=O)O. The first-order valence-corrected chi connectivity index (χ1v) is 7.95. The minimum atomic E-state index is -0.903. The summed E-state index contributed by atoms with van der Waals surface area (Å²) in [6.45, 7) is 5.96. The molecule has 0 radical (unpaired) electrons. The molecule has 0 aliphatic heterocycles. The summed E-state index contributed by atoms with van der Waals surface area (Å²) in [5.74, 6) is -0.903. The first kappa shape index (κ1) is 18.2. The van der Waals surface area contributed by atoms with Crippen molar-refractivity contribution in [1.82, 2.24) is 4.98 Å². The van der Waals surface area contributed by atoms with Gasteiger partial charge in [0.25, 0.3) is 0 Å². The number of rotatable bonds is 2. The Hall–Kier alpha value is -3.14. The molecule has 128 valence electrons. The molecule has 0 bridgehead atoms. The molecule has 0 amide bonds. The van der Waals surface area contributed by atoms with Gasteiger partial charge in [0.05, 0.1) is 5.56 Å². The van der Waals surface area contributed by atoms with Crippen LogP contribution in [0.15, 0.2) is 60.9 Å². The molecule has 0 unspecified atom stereocenters. The summed E-state index contributed by atoms with van der Waals surface area (Å²) < 4.78 is 0. The number of nitrogens with two attached hydrogens (primary N) is 1. The minimum absolute atomic E-state index is 0.315. The zero-order valence-corrected chi connectivity index (χ0v) is 14.7. The highest BCUT2D eigenvalue weighted by molar-refractivity contribution is 5.88. The van der Waals surface area contributed by atoms with Gasteiger partial charge in [-0.25, -0.2) is 4.79 Å². The Morgan fingerprint density at radius 3 is 2.20 bits per heavy atom. The van der Waals surface area contributed by atoms with Crippen molar-refractivity contribution in [3.63, 3.8) is 0 Å². The first-order chi connectivity index (χ1) is 11.9. The van der Waals surface area contributed by atoms with Crippen LogP contribution in [-0.4, -0.2) is 16.1 Å². The lowest BCUT2D eigenvalue weighted by Crippen LogP contribution is -1.98. The molecular weight excluding hydrogens is 312 g/mol. The fourth-order valence-corrected chi connectivity index (χ4v) is 2.42. The number of carboxylic acid groups (broad SMARTS) is 1. The lowest BCUT2D eigenvalue weighted by Gasteiger charge is -2.07. The molecule has 2 aromatic carbocycles. The summed E-state index contributed by atoms with van der Waals surface area (Å²) in [6, 6.07) is 16.0. The molecule has 4 nitrogen and oxygen atoms in total. The number of aryl methyl sites for hydroxylation is 3. The highest BCUT2D eigenvalue weighted by atomic mass is 16.4. The maximum absolute atomic E-state index is 10.4. The number of hydrogen-bond donors (Lipinski definition) is 2. The van der Waals surface area contributed by atoms with Gasteiger partial charge >= 0.3 is 5.97 Å². The molecule has 0 aliphatic rings. The monoisotopic (exact) mass is 334 g/mol. The average molecular weight is 334 g/mol. The number of benzene rings is 2. The van der Waals surface area contributed by atoms with Gasteiger partial charge in [-0.05, 0) is 61.2 Å². The van der Waals surface area contributed by atoms with E-state index in [0.717, 1.165) is 5.69 Å². The number of pyridine rings is 1. The molecule has 3 rings (SSSR count). The van der Waals surface area contributed by atoms with Crippen molar-refractivity contribution < 1.29 is 9.90 Å². The minimum Gasteiger partial charge on any atom is -0.478 e. The van der Waals surface area contributed by atoms with E-state index < -0.39 is 5.97 Å². The fraction of sp³-hybridized carbons (Fsp3) is 0.143. The van der Waals surface area contributed by atoms with Crippen molar-refractivity contribution >= 4 is 11.7 Å². The second-order valence-corrected chi connectivity index (χ2v) is 5.94. The number of carbonyl (C=O) groups is 1. The summed E-state index contributed by atoms with van der Waals surface area (Å²) in [7, 11) is 0. The summed E-state index contributed by atoms with van der Waals surface area (Å²) in [4.78, 5) is 14.2. The van der Waals surface area contributed by atoms with Crippen LogP contribution in [0.1, 0.15) is 27.0 Å². The molecule has 0 fully saturated rings. The van der Waals surface area contributed by atoms with E-state index in [0.29, 0.717) is 11.1 Å². The molecule has 1 heterocycles. The molecule has 3 N–H and O–H groups in total. The predicted octanol–water partition coefficient (Wildman–Crippen LogP) is 4.64. The number of hydrogen-bond acceptors (Lipinski definition) is 3. The van der Waals surface area contributed by atoms with Crippen LogP contribution in [-0.2, 0) is 0 Å². The second kappa shape index (κ2) is 8.11. The standard InChI is InChI=1S/C14H15N.C7H7NO2/c1-10-3-4-11(2)14(9-10)12-5-7-13(15)8-6-12;1-5-4-8-3-2-6(5)7(9)10/h3-9H,15H2,1-2H3;2-4H,1H3,(H,9,10). The number of anilines is 1. The predicted molar refractivity (Wildman–Crippen MR) is 102 cm³/mol. The number of aromatic nitrogens is 1. The number of nitrogens with zero attached hydrogens (tertiary/aromatic N) is 1. The second-order valence-electron chi connectivity index (χ2n) is 5.94. The van der Waals surface area contributed by atoms with Crippen LogP contribution < -0.4 is 5.73 Å². The number of carboxylic acids is 1. The summed E-state index contributed by atoms with van der Waals surface area (Å²) in [6.07, 6.45) is 3.00. The van der Waals surface area contributed by atoms with Gasteiger partial charge in [-0.15, -0.1) is 0 Å². The molecule has 0 aliphatic carbocycles. The Balaban J connectivity index is 0.000000196. The normalized spacial score (nSPS) is 9.88. The Bertz CT molecular complexity index is 871. The van der Waals surface area contributed by atoms with Gasteiger partial charge in [-0.1, -0.05) is 35.9 Å². The lowest BCUT2D eigenvalue weighted by molar-refractivity contribution is 0.0696. The average Bonchev–Trinajstić information content (AvgIpc) is 2.59. The number of nitrogen functional groups attached to an aromatic ring is 1. The summed E-state index contributed by atoms with van der Waals surface area (Å²) in [5.41, 5.74) is 12.6. The third kappa shape index (κ3) is 4.91. The largest absolute Gasteiger partial charge is 0.478 e. The fourth-order valence-electron chi connectivity index (χ4n) is 2.42. The van der Waals surface area contributed by atoms with Crippen LogP contribution in [0, 0.1) is 20.8 Å². The Morgan fingerprint density at radius 1 is 0.960 bits per heavy atom. The molecule has 4 heteroatoms. The van der Waals surface area contributed by atoms with Crippen LogP contribution in [0.25, 0.3) is 11.1 Å². The van der Waals surface area contributed by atoms with Gasteiger partial charge in [-0.3, -0.25) is 4.98 Å². The van der Waals surface area contributed by atoms with E-state index in [-0.39, 0.29) is 0 Å². The van der Waals surface area contributed by atoms with Crippen molar-refractivity contribution in [2.75, 3.05) is 5.73 Å². The number of aromatic carboxylic acids is 1. The van der Waals surface area contributed by atoms with E-state index in [4.69, 9.17) is 10.8 Å². The van der Waals surface area contributed by atoms with Crippen molar-refractivity contribution in [2.24, 2.45) is 0 Å². The van der Waals surface area contributed by atoms with E-state index in [1.54, 1.807) is 6.92 Å². The smallest absolute Gasteiger partial charge is 0.336 e. The van der Waals surface area contributed by atoms with Crippen molar-refractivity contribution in [3.8, 4) is 11.1 Å². The van der Waals surface area contributed by atoms with Crippen LogP contribution in [0.3, 0.4) is 0 Å². The van der Waals surface area contributed by atoms with Crippen LogP contribution >= 0.6 is 0 Å². The van der Waals surface area contributed by atoms with E-state index in [9.17, 15) is 4.79 Å². The van der Waals surface area contributed by atoms with E-state index in [1.807, 2.05) is 12.1 Å². The third-order valence-corrected chi connectivity index (χ3v) is 3.87. The van der Waals surface area contributed by atoms with Crippen LogP contribution in [0.2, 0.25) is 0 Å². The molecule has 0 saturated carbocycles. The lowest BCUT2D eigenvalue weighted by atomic mass is 9.98. The maximum atomic E-state index is 10.4. The van der Waals surface area contributed by atoms with Gasteiger partial charge in [0, 0.05) is 18.1 Å². The van der Waals surface area contributed by atoms with E-state index in [2.05, 4.69) is 49.2 Å². The molecule has 25 heavy (non-hydrogen) atoms. The Kier molecular flexibility index (Phi) is 5.90. The van der Waals surface area contributed by atoms with Gasteiger partial charge in [-0.2, -0.15) is 0 Å². The van der Waals surface area contributed by atoms with Crippen molar-refractivity contribution in [1.29, 1.82) is 0 Å². The molecule has 0 saturated heterocycles. The molecule has 0 spiro atoms. The van der Waals surface area contributed by atoms with Crippen LogP contribution in [0.4, 0.5) is 5.69 Å². The molecule has 0 atom stereocenters. The first-order valence-electron chi connectivity index (χ1n) is 7.95. The summed E-state index contributed by atoms with van der Waals surface area (Å²) in [5, 5.41) is 8.54. The van der Waals surface area contributed by atoms with Gasteiger partial charge in [0.15, 0.2) is 0 Å². The van der Waals surface area contributed by atoms with E-state index >= 15 is 0 Å². The quantitative estimate of drug-likeness (QED) is 0.669. The van der Waals surface area contributed by atoms with Gasteiger partial charge in [0.2, 0.25) is 0 Å². The zero-order valence-electron chi connectivity index (χ0n) is 14.7. The molecule has 1 aromatic heterocycles. The van der Waals surface area contributed by atoms with E-state index in [1.165, 1.54) is 40.7 Å². The van der Waals surface area contributed by atoms with Crippen LogP contribution in [0.5, 0.6) is 0 Å².